The minimum absolute atomic E-state index is 0.0253. The monoisotopic (exact) mass is 528 g/mol. The highest BCUT2D eigenvalue weighted by atomic mass is 32.2. The molecule has 1 aromatic carbocycles. The second kappa shape index (κ2) is 9.17. The smallest absolute Gasteiger partial charge is 0.391 e. The molecule has 188 valence electrons. The van der Waals surface area contributed by atoms with E-state index < -0.39 is 28.0 Å². The maximum absolute atomic E-state index is 13.6. The number of aryl methyl sites for hydroxylation is 1. The molecule has 2 aliphatic heterocycles. The van der Waals surface area contributed by atoms with E-state index >= 15 is 0 Å². The number of rotatable bonds is 5. The Morgan fingerprint density at radius 3 is 2.80 bits per heavy atom. The number of hydrogen-bond acceptors (Lipinski definition) is 7. The van der Waals surface area contributed by atoms with E-state index in [-0.39, 0.29) is 36.1 Å². The first-order valence-corrected chi connectivity index (χ1v) is 13.7. The summed E-state index contributed by atoms with van der Waals surface area (Å²) in [5.74, 6) is -1.16. The Kier molecular flexibility index (Phi) is 6.34. The number of nitrogens with zero attached hydrogens (tertiary/aromatic N) is 4. The lowest BCUT2D eigenvalue weighted by Gasteiger charge is -2.45. The lowest BCUT2D eigenvalue weighted by atomic mass is 9.84. The number of sulfone groups is 1. The molecule has 3 atom stereocenters. The highest BCUT2D eigenvalue weighted by Crippen LogP contribution is 2.48. The number of aromatic nitrogens is 4. The molecule has 5 rings (SSSR count). The van der Waals surface area contributed by atoms with Crippen LogP contribution >= 0.6 is 11.5 Å². The molecule has 4 heterocycles. The number of alkyl halides is 3. The van der Waals surface area contributed by atoms with Gasteiger partial charge in [0.25, 0.3) is 0 Å². The predicted octanol–water partition coefficient (Wildman–Crippen LogP) is 3.50. The van der Waals surface area contributed by atoms with E-state index in [0.29, 0.717) is 23.8 Å². The molecule has 0 saturated carbocycles. The molecule has 13 heteroatoms. The van der Waals surface area contributed by atoms with Crippen LogP contribution in [0.2, 0.25) is 0 Å². The van der Waals surface area contributed by atoms with Gasteiger partial charge < -0.3 is 4.74 Å². The third-order valence-electron chi connectivity index (χ3n) is 6.74. The Balaban J connectivity index is 1.45. The molecule has 1 saturated heterocycles. The number of benzene rings is 1. The van der Waals surface area contributed by atoms with Gasteiger partial charge >= 0.3 is 6.18 Å². The lowest BCUT2D eigenvalue weighted by Crippen LogP contribution is -2.44. The van der Waals surface area contributed by atoms with Crippen molar-refractivity contribution in [3.63, 3.8) is 0 Å². The number of fused-ring (bicyclic) bond motifs is 1. The van der Waals surface area contributed by atoms with E-state index in [1.807, 2.05) is 6.20 Å². The van der Waals surface area contributed by atoms with Crippen molar-refractivity contribution < 1.29 is 31.0 Å². The van der Waals surface area contributed by atoms with Gasteiger partial charge in [-0.25, -0.2) is 13.4 Å². The van der Waals surface area contributed by atoms with Crippen LogP contribution in [0.25, 0.3) is 0 Å². The summed E-state index contributed by atoms with van der Waals surface area (Å²) in [5, 5.41) is 3.41. The van der Waals surface area contributed by atoms with Crippen molar-refractivity contribution in [2.75, 3.05) is 13.2 Å². The van der Waals surface area contributed by atoms with Gasteiger partial charge in [-0.05, 0) is 43.1 Å². The molecular weight excluding hydrogens is 503 g/mol. The van der Waals surface area contributed by atoms with Crippen molar-refractivity contribution in [1.82, 2.24) is 19.4 Å². The van der Waals surface area contributed by atoms with Gasteiger partial charge in [-0.3, -0.25) is 4.90 Å². The molecule has 0 spiro atoms. The Bertz CT molecular complexity index is 1290. The van der Waals surface area contributed by atoms with Gasteiger partial charge in [0.1, 0.15) is 22.8 Å². The van der Waals surface area contributed by atoms with Crippen LogP contribution in [0, 0.1) is 5.92 Å². The number of hydrogen-bond donors (Lipinski definition) is 1. The second-order valence-corrected chi connectivity index (χ2v) is 11.8. The number of piperidine rings is 1. The fourth-order valence-electron chi connectivity index (χ4n) is 5.03. The second-order valence-electron chi connectivity index (χ2n) is 8.98. The fraction of sp³-hybridized carbons (Fsp3) is 0.500. The zero-order chi connectivity index (χ0) is 24.8. The van der Waals surface area contributed by atoms with E-state index in [4.69, 9.17) is 4.74 Å². The van der Waals surface area contributed by atoms with Crippen molar-refractivity contribution >= 4 is 21.4 Å². The molecule has 0 aliphatic carbocycles. The maximum Gasteiger partial charge on any atom is 0.391 e. The van der Waals surface area contributed by atoms with E-state index in [1.54, 1.807) is 30.1 Å². The summed E-state index contributed by atoms with van der Waals surface area (Å²) in [6, 6.07) is 4.19. The van der Waals surface area contributed by atoms with Gasteiger partial charge in [0, 0.05) is 24.1 Å². The Morgan fingerprint density at radius 2 is 2.11 bits per heavy atom. The van der Waals surface area contributed by atoms with Crippen LogP contribution < -0.4 is 9.42 Å². The quantitative estimate of drug-likeness (QED) is 0.510. The van der Waals surface area contributed by atoms with Crippen LogP contribution in [0.15, 0.2) is 41.8 Å². The molecule has 0 amide bonds. The van der Waals surface area contributed by atoms with Gasteiger partial charge in [-0.2, -0.15) is 22.6 Å². The number of likely N-dealkylation sites (tertiary alicyclic amines) is 1. The van der Waals surface area contributed by atoms with Crippen molar-refractivity contribution in [1.29, 1.82) is 0 Å². The number of H-pyrrole nitrogens is 1. The minimum Gasteiger partial charge on any atom is -0.493 e. The Hall–Kier alpha value is -2.51. The Morgan fingerprint density at radius 1 is 1.29 bits per heavy atom. The van der Waals surface area contributed by atoms with Gasteiger partial charge in [-0.1, -0.05) is 6.07 Å². The van der Waals surface area contributed by atoms with E-state index in [2.05, 4.69) is 19.4 Å². The number of halogens is 3. The van der Waals surface area contributed by atoms with Crippen LogP contribution in [0.5, 0.6) is 5.75 Å². The molecule has 0 bridgehead atoms. The van der Waals surface area contributed by atoms with Crippen LogP contribution in [0.4, 0.5) is 13.2 Å². The standard InChI is InChI=1S/C22H24F3N5O3S2/c1-29-11-14(10-27-29)19-8-15(22(23,24)25)4-6-30(19)18-5-7-33-20-9-16(2-3-17(18)20)35(31,32)12-21-26-13-28-34-21/h2-3,9-11,13,15,18-19H,4-8,12H2,1H3/p+1/t15-,18+,19+/m1/s1. The highest BCUT2D eigenvalue weighted by molar-refractivity contribution is 7.90. The van der Waals surface area contributed by atoms with Crippen molar-refractivity contribution in [2.45, 2.75) is 48.2 Å². The number of aromatic amines is 1. The summed E-state index contributed by atoms with van der Waals surface area (Å²) >= 11 is 1.03. The lowest BCUT2D eigenvalue weighted by molar-refractivity contribution is -0.727. The largest absolute Gasteiger partial charge is 0.493 e. The normalized spacial score (nSPS) is 23.6. The molecular formula is C22H25F3N5O3S2+. The minimum atomic E-state index is -4.24. The zero-order valence-electron chi connectivity index (χ0n) is 18.9. The molecule has 2 aliphatic rings. The average molecular weight is 529 g/mol. The predicted molar refractivity (Wildman–Crippen MR) is 120 cm³/mol. The van der Waals surface area contributed by atoms with Crippen molar-refractivity contribution in [3.8, 4) is 5.75 Å². The zero-order valence-corrected chi connectivity index (χ0v) is 20.5. The van der Waals surface area contributed by atoms with Crippen LogP contribution in [-0.4, -0.2) is 47.1 Å². The van der Waals surface area contributed by atoms with E-state index in [0.717, 1.165) is 22.7 Å². The van der Waals surface area contributed by atoms with E-state index in [1.165, 1.54) is 12.4 Å². The summed E-state index contributed by atoms with van der Waals surface area (Å²) in [5.41, 5.74) is 1.59. The average Bonchev–Trinajstić information content (AvgIpc) is 3.48. The Labute approximate surface area is 204 Å². The molecule has 3 aromatic rings. The van der Waals surface area contributed by atoms with Crippen molar-refractivity contribution in [2.24, 2.45) is 13.0 Å². The first-order valence-electron chi connectivity index (χ1n) is 11.2. The van der Waals surface area contributed by atoms with Crippen LogP contribution in [0.3, 0.4) is 0 Å². The molecule has 0 unspecified atom stereocenters. The fourth-order valence-corrected chi connectivity index (χ4v) is 7.15. The SMILES string of the molecule is C[n+]1cc([C@@H]2C[C@H](C(F)(F)F)CCN2[C@H]2CCOc3cc(S(=O)(=O)Cc4ncns4)ccc32)c[nH]1. The topological polar surface area (TPSA) is 92.1 Å². The van der Waals surface area contributed by atoms with Crippen LogP contribution in [0.1, 0.15) is 47.5 Å². The van der Waals surface area contributed by atoms with Crippen molar-refractivity contribution in [3.05, 3.63) is 53.1 Å². The molecule has 0 radical (unpaired) electrons. The summed E-state index contributed by atoms with van der Waals surface area (Å²) in [4.78, 5) is 6.19. The summed E-state index contributed by atoms with van der Waals surface area (Å²) in [6.45, 7) is 0.634. The van der Waals surface area contributed by atoms with Gasteiger partial charge in [-0.15, -0.1) is 4.68 Å². The number of nitrogens with one attached hydrogen (secondary N) is 1. The first-order chi connectivity index (χ1) is 16.6. The summed E-state index contributed by atoms with van der Waals surface area (Å²) in [7, 11) is -1.85. The molecule has 8 nitrogen and oxygen atoms in total. The van der Waals surface area contributed by atoms with Gasteiger partial charge in [0.2, 0.25) is 0 Å². The van der Waals surface area contributed by atoms with Gasteiger partial charge in [0.05, 0.1) is 29.2 Å². The first kappa shape index (κ1) is 24.2. The molecule has 1 fully saturated rings. The van der Waals surface area contributed by atoms with Gasteiger partial charge in [0.15, 0.2) is 23.1 Å². The molecule has 35 heavy (non-hydrogen) atoms. The summed E-state index contributed by atoms with van der Waals surface area (Å²) in [6.07, 6.45) is 1.25. The molecule has 2 aromatic heterocycles. The molecule has 1 N–H and O–H groups in total. The third-order valence-corrected chi connectivity index (χ3v) is 9.21. The highest BCUT2D eigenvalue weighted by Gasteiger charge is 2.47. The third kappa shape index (κ3) is 4.94. The maximum atomic E-state index is 13.6. The van der Waals surface area contributed by atoms with Crippen LogP contribution in [-0.2, 0) is 22.6 Å². The summed E-state index contributed by atoms with van der Waals surface area (Å²) < 4.78 is 78.1. The number of ether oxygens (including phenoxy) is 1. The van der Waals surface area contributed by atoms with E-state index in [9.17, 15) is 21.6 Å².